The van der Waals surface area contributed by atoms with Crippen LogP contribution >= 0.6 is 0 Å². The molecule has 0 aliphatic rings. The molecule has 0 fully saturated rings. The Hall–Kier alpha value is -2.32. The quantitative estimate of drug-likeness (QED) is 0.532. The van der Waals surface area contributed by atoms with E-state index in [9.17, 15) is 19.2 Å². The van der Waals surface area contributed by atoms with E-state index >= 15 is 0 Å². The van der Waals surface area contributed by atoms with Gasteiger partial charge in [0.25, 0.3) is 0 Å². The minimum Gasteiger partial charge on any atom is -0.449 e. The largest absolute Gasteiger partial charge is 0.528 e. The summed E-state index contributed by atoms with van der Waals surface area (Å²) in [4.78, 5) is 41.4. The van der Waals surface area contributed by atoms with Crippen LogP contribution in [0.1, 0.15) is 13.8 Å². The molecule has 16 heavy (non-hydrogen) atoms. The van der Waals surface area contributed by atoms with Gasteiger partial charge in [0.2, 0.25) is 0 Å². The highest BCUT2D eigenvalue weighted by atomic mass is 16.9. The molecule has 0 bridgehead atoms. The van der Waals surface area contributed by atoms with Crippen LogP contribution in [0.3, 0.4) is 0 Å². The normalized spacial score (nSPS) is 9.19. The Bertz CT molecular complexity index is 305. The average Bonchev–Trinajstić information content (AvgIpc) is 1.97. The monoisotopic (exact) mass is 236 g/mol. The molecule has 1 N–H and O–H groups in total. The molecule has 0 saturated carbocycles. The van der Waals surface area contributed by atoms with E-state index in [2.05, 4.69) is 18.9 Å². The number of ether oxygens (including phenoxy) is 4. The molecule has 0 atom stereocenters. The van der Waals surface area contributed by atoms with Crippen molar-refractivity contribution >= 4 is 24.6 Å². The number of hydrogen-bond acceptors (Lipinski definition) is 8. The van der Waals surface area contributed by atoms with E-state index < -0.39 is 30.7 Å². The first-order valence-corrected chi connectivity index (χ1v) is 3.86. The van der Waals surface area contributed by atoms with E-state index in [-0.39, 0.29) is 0 Å². The van der Waals surface area contributed by atoms with Crippen molar-refractivity contribution in [3.8, 4) is 0 Å². The van der Waals surface area contributed by atoms with E-state index in [4.69, 9.17) is 5.11 Å². The Morgan fingerprint density at radius 2 is 1.31 bits per heavy atom. The van der Waals surface area contributed by atoms with E-state index in [1.165, 1.54) is 13.8 Å². The summed E-state index contributed by atoms with van der Waals surface area (Å²) < 4.78 is 15.1. The predicted molar refractivity (Wildman–Crippen MR) is 43.7 cm³/mol. The third kappa shape index (κ3) is 7.12. The van der Waals surface area contributed by atoms with Gasteiger partial charge in [-0.25, -0.2) is 19.2 Å². The van der Waals surface area contributed by atoms with Crippen molar-refractivity contribution in [2.45, 2.75) is 20.0 Å². The first-order chi connectivity index (χ1) is 7.31. The van der Waals surface area contributed by atoms with Crippen LogP contribution in [0.15, 0.2) is 0 Å². The summed E-state index contributed by atoms with van der Waals surface area (Å²) in [6, 6.07) is 0. The molecule has 0 unspecified atom stereocenters. The van der Waals surface area contributed by atoms with Gasteiger partial charge in [0.15, 0.2) is 0 Å². The molecule has 0 aliphatic heterocycles. The van der Waals surface area contributed by atoms with Crippen LogP contribution in [0.5, 0.6) is 0 Å². The fourth-order valence-corrected chi connectivity index (χ4v) is 0.466. The van der Waals surface area contributed by atoms with Crippen molar-refractivity contribution in [1.29, 1.82) is 0 Å². The van der Waals surface area contributed by atoms with Crippen LogP contribution in [0.2, 0.25) is 0 Å². The highest BCUT2D eigenvalue weighted by Gasteiger charge is 2.20. The molecule has 0 aromatic carbocycles. The zero-order valence-electron chi connectivity index (χ0n) is 8.29. The van der Waals surface area contributed by atoms with Crippen molar-refractivity contribution in [1.82, 2.24) is 0 Å². The Morgan fingerprint density at radius 1 is 0.875 bits per heavy atom. The first-order valence-electron chi connectivity index (χ1n) is 3.86. The van der Waals surface area contributed by atoms with Gasteiger partial charge in [-0.1, -0.05) is 0 Å². The predicted octanol–water partition coefficient (Wildman–Crippen LogP) is 1.50. The summed E-state index contributed by atoms with van der Waals surface area (Å²) in [5.41, 5.74) is 0. The summed E-state index contributed by atoms with van der Waals surface area (Å²) in [7, 11) is 0. The van der Waals surface area contributed by atoms with E-state index in [1.54, 1.807) is 0 Å². The lowest BCUT2D eigenvalue weighted by Gasteiger charge is -2.06. The van der Waals surface area contributed by atoms with E-state index in [0.29, 0.717) is 0 Å². The molecule has 0 amide bonds. The highest BCUT2D eigenvalue weighted by molar-refractivity contribution is 5.86. The number of carboxylic acid groups (broad SMARTS) is 1. The lowest BCUT2D eigenvalue weighted by molar-refractivity contribution is 0.0220. The number of carbonyl (C=O) groups excluding carboxylic acids is 3. The van der Waals surface area contributed by atoms with Gasteiger partial charge in [-0.2, -0.15) is 0 Å². The maximum Gasteiger partial charge on any atom is 0.528 e. The molecule has 90 valence electrons. The van der Waals surface area contributed by atoms with Crippen LogP contribution < -0.4 is 0 Å². The van der Waals surface area contributed by atoms with Crippen LogP contribution in [0.25, 0.3) is 0 Å². The molecule has 0 heterocycles. The van der Waals surface area contributed by atoms with Crippen LogP contribution in [-0.4, -0.2) is 35.8 Å². The summed E-state index contributed by atoms with van der Waals surface area (Å²) in [5.74, 6) is 0. The SMILES string of the molecule is CC(C)OC(=O)OC(=O)OC(=O)OC(=O)O. The second-order valence-corrected chi connectivity index (χ2v) is 2.49. The Kier molecular flexibility index (Phi) is 5.32. The molecule has 0 rings (SSSR count). The lowest BCUT2D eigenvalue weighted by atomic mass is 10.5. The zero-order valence-corrected chi connectivity index (χ0v) is 8.29. The number of rotatable bonds is 1. The van der Waals surface area contributed by atoms with Gasteiger partial charge < -0.3 is 24.1 Å². The van der Waals surface area contributed by atoms with Gasteiger partial charge in [-0.15, -0.1) is 0 Å². The zero-order chi connectivity index (χ0) is 12.7. The Labute approximate surface area is 88.8 Å². The van der Waals surface area contributed by atoms with E-state index in [0.717, 1.165) is 0 Å². The first kappa shape index (κ1) is 13.7. The van der Waals surface area contributed by atoms with Gasteiger partial charge >= 0.3 is 24.6 Å². The molecule has 0 saturated heterocycles. The number of hydrogen-bond donors (Lipinski definition) is 1. The van der Waals surface area contributed by atoms with Gasteiger partial charge in [-0.3, -0.25) is 0 Å². The lowest BCUT2D eigenvalue weighted by Crippen LogP contribution is -2.22. The standard InChI is InChI=1S/C7H8O9/c1-3(2)13-5(10)15-7(12)16-6(11)14-4(8)9/h3H,1-2H3,(H,8,9). The van der Waals surface area contributed by atoms with Crippen molar-refractivity contribution in [2.24, 2.45) is 0 Å². The second-order valence-electron chi connectivity index (χ2n) is 2.49. The maximum absolute atomic E-state index is 10.7. The van der Waals surface area contributed by atoms with Crippen LogP contribution in [0, 0.1) is 0 Å². The number of carbonyl (C=O) groups is 4. The maximum atomic E-state index is 10.7. The third-order valence-corrected chi connectivity index (χ3v) is 0.836. The molecule has 0 aliphatic carbocycles. The minimum absolute atomic E-state index is 0.536. The third-order valence-electron chi connectivity index (χ3n) is 0.836. The molecule has 9 nitrogen and oxygen atoms in total. The van der Waals surface area contributed by atoms with Crippen molar-refractivity contribution < 1.29 is 43.2 Å². The molecular formula is C7H8O9. The molecule has 0 aromatic heterocycles. The Balaban J connectivity index is 3.95. The molecule has 9 heteroatoms. The minimum atomic E-state index is -1.97. The molecule has 0 radical (unpaired) electrons. The van der Waals surface area contributed by atoms with E-state index in [1.807, 2.05) is 0 Å². The van der Waals surface area contributed by atoms with Crippen molar-refractivity contribution in [3.63, 3.8) is 0 Å². The average molecular weight is 236 g/mol. The molecular weight excluding hydrogens is 228 g/mol. The Morgan fingerprint density at radius 3 is 1.75 bits per heavy atom. The second kappa shape index (κ2) is 6.22. The fourth-order valence-electron chi connectivity index (χ4n) is 0.466. The topological polar surface area (TPSA) is 125 Å². The summed E-state index contributed by atoms with van der Waals surface area (Å²) in [6.07, 6.45) is -7.48. The summed E-state index contributed by atoms with van der Waals surface area (Å²) in [5, 5.41) is 7.93. The van der Waals surface area contributed by atoms with Crippen LogP contribution in [-0.2, 0) is 18.9 Å². The fraction of sp³-hybridized carbons (Fsp3) is 0.429. The van der Waals surface area contributed by atoms with Crippen molar-refractivity contribution in [2.75, 3.05) is 0 Å². The van der Waals surface area contributed by atoms with Gasteiger partial charge in [0.05, 0.1) is 6.10 Å². The molecule has 0 spiro atoms. The van der Waals surface area contributed by atoms with Crippen LogP contribution in [0.4, 0.5) is 19.2 Å². The van der Waals surface area contributed by atoms with Gasteiger partial charge in [0, 0.05) is 0 Å². The van der Waals surface area contributed by atoms with Crippen molar-refractivity contribution in [3.05, 3.63) is 0 Å². The smallest absolute Gasteiger partial charge is 0.449 e. The van der Waals surface area contributed by atoms with Gasteiger partial charge in [0.1, 0.15) is 0 Å². The summed E-state index contributed by atoms with van der Waals surface area (Å²) >= 11 is 0. The summed E-state index contributed by atoms with van der Waals surface area (Å²) in [6.45, 7) is 2.98. The highest BCUT2D eigenvalue weighted by Crippen LogP contribution is 1.96. The molecule has 0 aromatic rings. The van der Waals surface area contributed by atoms with Gasteiger partial charge in [-0.05, 0) is 13.8 Å².